The lowest BCUT2D eigenvalue weighted by Crippen LogP contribution is -2.33. The number of hydrogen-bond donors (Lipinski definition) is 1. The van der Waals surface area contributed by atoms with Gasteiger partial charge in [-0.15, -0.1) is 0 Å². The molecule has 2 aromatic rings. The number of likely N-dealkylation sites (N-methyl/N-ethyl adjacent to an activating group) is 1. The van der Waals surface area contributed by atoms with Crippen LogP contribution < -0.4 is 5.32 Å². The molecule has 5 heteroatoms. The average Bonchev–Trinajstić information content (AvgIpc) is 2.56. The quantitative estimate of drug-likeness (QED) is 0.792. The zero-order valence-electron chi connectivity index (χ0n) is 13.6. The number of halogens is 1. The fraction of sp³-hybridized carbons (Fsp3) is 0.158. The van der Waals surface area contributed by atoms with Crippen LogP contribution in [0.1, 0.15) is 11.1 Å². The number of carbonyl (C=O) groups is 2. The van der Waals surface area contributed by atoms with Gasteiger partial charge >= 0.3 is 0 Å². The molecule has 0 radical (unpaired) electrons. The van der Waals surface area contributed by atoms with Crippen molar-refractivity contribution in [2.75, 3.05) is 18.9 Å². The van der Waals surface area contributed by atoms with Crippen molar-refractivity contribution in [3.05, 3.63) is 70.2 Å². The summed E-state index contributed by atoms with van der Waals surface area (Å²) in [6.07, 6.45) is 3.19. The fourth-order valence-electron chi connectivity index (χ4n) is 2.00. The van der Waals surface area contributed by atoms with Crippen molar-refractivity contribution in [3.8, 4) is 0 Å². The maximum Gasteiger partial charge on any atom is 0.246 e. The van der Waals surface area contributed by atoms with Crippen LogP contribution in [0, 0.1) is 6.92 Å². The van der Waals surface area contributed by atoms with Gasteiger partial charge in [0.1, 0.15) is 0 Å². The van der Waals surface area contributed by atoms with E-state index in [1.54, 1.807) is 13.1 Å². The van der Waals surface area contributed by atoms with Gasteiger partial charge in [0.05, 0.1) is 6.54 Å². The van der Waals surface area contributed by atoms with Crippen LogP contribution in [0.25, 0.3) is 6.08 Å². The van der Waals surface area contributed by atoms with Crippen molar-refractivity contribution in [2.45, 2.75) is 6.92 Å². The number of rotatable bonds is 5. The number of nitrogens with one attached hydrogen (secondary N) is 1. The Morgan fingerprint density at radius 3 is 2.33 bits per heavy atom. The summed E-state index contributed by atoms with van der Waals surface area (Å²) in [6.45, 7) is 1.98. The van der Waals surface area contributed by atoms with E-state index in [1.165, 1.54) is 11.0 Å². The Bertz CT molecular complexity index is 737. The minimum Gasteiger partial charge on any atom is -0.333 e. The third-order valence-corrected chi connectivity index (χ3v) is 3.91. The molecular weight excluding hydrogens is 368 g/mol. The largest absolute Gasteiger partial charge is 0.333 e. The fourth-order valence-corrected chi connectivity index (χ4v) is 2.26. The van der Waals surface area contributed by atoms with Gasteiger partial charge in [-0.2, -0.15) is 0 Å². The van der Waals surface area contributed by atoms with Gasteiger partial charge in [-0.05, 0) is 42.8 Å². The lowest BCUT2D eigenvalue weighted by atomic mass is 10.2. The zero-order chi connectivity index (χ0) is 17.5. The lowest BCUT2D eigenvalue weighted by molar-refractivity contribution is -0.129. The Kier molecular flexibility index (Phi) is 6.32. The molecule has 0 spiro atoms. The summed E-state index contributed by atoms with van der Waals surface area (Å²) in [5, 5.41) is 2.77. The predicted molar refractivity (Wildman–Crippen MR) is 101 cm³/mol. The molecule has 0 atom stereocenters. The molecule has 0 aromatic heterocycles. The Balaban J connectivity index is 1.87. The molecule has 0 aliphatic carbocycles. The van der Waals surface area contributed by atoms with E-state index in [0.29, 0.717) is 0 Å². The molecule has 1 N–H and O–H groups in total. The molecule has 0 saturated carbocycles. The van der Waals surface area contributed by atoms with Crippen LogP contribution in [0.5, 0.6) is 0 Å². The molecule has 4 nitrogen and oxygen atoms in total. The van der Waals surface area contributed by atoms with Crippen molar-refractivity contribution >= 4 is 39.5 Å². The zero-order valence-corrected chi connectivity index (χ0v) is 15.2. The molecule has 0 aliphatic heterocycles. The van der Waals surface area contributed by atoms with Gasteiger partial charge in [-0.3, -0.25) is 9.59 Å². The van der Waals surface area contributed by atoms with Gasteiger partial charge in [0.25, 0.3) is 0 Å². The highest BCUT2D eigenvalue weighted by atomic mass is 79.9. The second-order valence-electron chi connectivity index (χ2n) is 5.49. The number of benzene rings is 2. The van der Waals surface area contributed by atoms with Crippen LogP contribution in [0.2, 0.25) is 0 Å². The Morgan fingerprint density at radius 2 is 1.71 bits per heavy atom. The van der Waals surface area contributed by atoms with E-state index < -0.39 is 0 Å². The molecule has 24 heavy (non-hydrogen) atoms. The molecule has 124 valence electrons. The maximum atomic E-state index is 12.1. The Morgan fingerprint density at radius 1 is 1.08 bits per heavy atom. The van der Waals surface area contributed by atoms with Gasteiger partial charge < -0.3 is 10.2 Å². The van der Waals surface area contributed by atoms with E-state index in [-0.39, 0.29) is 18.4 Å². The Hall–Kier alpha value is -2.40. The lowest BCUT2D eigenvalue weighted by Gasteiger charge is -2.15. The first-order valence-electron chi connectivity index (χ1n) is 7.49. The van der Waals surface area contributed by atoms with Gasteiger partial charge in [0.2, 0.25) is 11.8 Å². The molecule has 2 aromatic carbocycles. The molecular formula is C19H19BrN2O2. The topological polar surface area (TPSA) is 49.4 Å². The smallest absolute Gasteiger partial charge is 0.246 e. The first-order valence-corrected chi connectivity index (χ1v) is 8.28. The summed E-state index contributed by atoms with van der Waals surface area (Å²) in [6, 6.07) is 15.1. The summed E-state index contributed by atoms with van der Waals surface area (Å²) in [7, 11) is 1.60. The van der Waals surface area contributed by atoms with Crippen molar-refractivity contribution in [3.63, 3.8) is 0 Å². The summed E-state index contributed by atoms with van der Waals surface area (Å²) < 4.78 is 0.982. The number of carbonyl (C=O) groups excluding carboxylic acids is 2. The molecule has 0 unspecified atom stereocenters. The van der Waals surface area contributed by atoms with E-state index in [9.17, 15) is 9.59 Å². The van der Waals surface area contributed by atoms with Crippen LogP contribution in [0.4, 0.5) is 5.69 Å². The third kappa shape index (κ3) is 5.66. The standard InChI is InChI=1S/C19H19BrN2O2/c1-14-3-10-17(11-4-14)21-18(23)13-22(2)19(24)12-7-15-5-8-16(20)9-6-15/h3-12H,13H2,1-2H3,(H,21,23)/b12-7+. The normalized spacial score (nSPS) is 10.6. The number of hydrogen-bond acceptors (Lipinski definition) is 2. The second-order valence-corrected chi connectivity index (χ2v) is 6.41. The monoisotopic (exact) mass is 386 g/mol. The maximum absolute atomic E-state index is 12.1. The highest BCUT2D eigenvalue weighted by Gasteiger charge is 2.10. The minimum absolute atomic E-state index is 0.00259. The predicted octanol–water partition coefficient (Wildman–Crippen LogP) is 3.87. The van der Waals surface area contributed by atoms with Gasteiger partial charge in [0, 0.05) is 23.3 Å². The second kappa shape index (κ2) is 8.45. The summed E-state index contributed by atoms with van der Waals surface area (Å²) in [4.78, 5) is 25.4. The first kappa shape index (κ1) is 17.9. The molecule has 0 saturated heterocycles. The number of aryl methyl sites for hydroxylation is 1. The summed E-state index contributed by atoms with van der Waals surface area (Å²) in [5.74, 6) is -0.455. The van der Waals surface area contributed by atoms with Crippen LogP contribution >= 0.6 is 15.9 Å². The number of anilines is 1. The molecule has 0 heterocycles. The van der Waals surface area contributed by atoms with E-state index in [4.69, 9.17) is 0 Å². The molecule has 0 fully saturated rings. The molecule has 0 bridgehead atoms. The van der Waals surface area contributed by atoms with Crippen LogP contribution in [-0.2, 0) is 9.59 Å². The first-order chi connectivity index (χ1) is 11.4. The minimum atomic E-state index is -0.230. The SMILES string of the molecule is Cc1ccc(NC(=O)CN(C)C(=O)/C=C/c2ccc(Br)cc2)cc1. The van der Waals surface area contributed by atoms with Crippen molar-refractivity contribution in [1.82, 2.24) is 4.90 Å². The number of amides is 2. The van der Waals surface area contributed by atoms with Crippen LogP contribution in [0.15, 0.2) is 59.1 Å². The molecule has 0 aliphatic rings. The van der Waals surface area contributed by atoms with E-state index in [2.05, 4.69) is 21.2 Å². The van der Waals surface area contributed by atoms with E-state index in [1.807, 2.05) is 55.5 Å². The van der Waals surface area contributed by atoms with Crippen LogP contribution in [0.3, 0.4) is 0 Å². The van der Waals surface area contributed by atoms with Crippen molar-refractivity contribution in [2.24, 2.45) is 0 Å². The highest BCUT2D eigenvalue weighted by Crippen LogP contribution is 2.12. The number of nitrogens with zero attached hydrogens (tertiary/aromatic N) is 1. The summed E-state index contributed by atoms with van der Waals surface area (Å²) in [5.41, 5.74) is 2.76. The van der Waals surface area contributed by atoms with Crippen LogP contribution in [-0.4, -0.2) is 30.3 Å². The van der Waals surface area contributed by atoms with Gasteiger partial charge in [-0.1, -0.05) is 45.8 Å². The average molecular weight is 387 g/mol. The van der Waals surface area contributed by atoms with E-state index >= 15 is 0 Å². The van der Waals surface area contributed by atoms with Gasteiger partial charge in [0.15, 0.2) is 0 Å². The van der Waals surface area contributed by atoms with E-state index in [0.717, 1.165) is 21.3 Å². The molecule has 2 rings (SSSR count). The third-order valence-electron chi connectivity index (χ3n) is 3.38. The highest BCUT2D eigenvalue weighted by molar-refractivity contribution is 9.10. The molecule has 2 amide bonds. The van der Waals surface area contributed by atoms with Crippen molar-refractivity contribution in [1.29, 1.82) is 0 Å². The summed E-state index contributed by atoms with van der Waals surface area (Å²) >= 11 is 3.36. The van der Waals surface area contributed by atoms with Gasteiger partial charge in [-0.25, -0.2) is 0 Å². The Labute approximate surface area is 150 Å². The van der Waals surface area contributed by atoms with Crippen molar-refractivity contribution < 1.29 is 9.59 Å².